The van der Waals surface area contributed by atoms with Gasteiger partial charge < -0.3 is 0 Å². The van der Waals surface area contributed by atoms with E-state index >= 15 is 0 Å². The fourth-order valence-corrected chi connectivity index (χ4v) is 0.932. The van der Waals surface area contributed by atoms with Gasteiger partial charge in [0.15, 0.2) is 0 Å². The summed E-state index contributed by atoms with van der Waals surface area (Å²) in [7, 11) is 1.76. The average Bonchev–Trinajstić information content (AvgIpc) is 2.27. The van der Waals surface area contributed by atoms with Gasteiger partial charge in [-0.05, 0) is 31.9 Å². The van der Waals surface area contributed by atoms with E-state index in [1.807, 2.05) is 19.9 Å². The van der Waals surface area contributed by atoms with Gasteiger partial charge in [0.05, 0.1) is 0 Å². The Balaban J connectivity index is 2.79. The molecule has 0 saturated carbocycles. The Bertz CT molecular complexity index is 433. The third-order valence-electron chi connectivity index (χ3n) is 1.72. The van der Waals surface area contributed by atoms with Gasteiger partial charge in [-0.25, -0.2) is 9.97 Å². The molecule has 0 fully saturated rings. The van der Waals surface area contributed by atoms with Gasteiger partial charge in [0.1, 0.15) is 0 Å². The first-order valence-electron chi connectivity index (χ1n) is 4.63. The Morgan fingerprint density at radius 2 is 2.00 bits per heavy atom. The number of rotatable bonds is 1. The first-order chi connectivity index (χ1) is 7.22. The molecule has 0 saturated heterocycles. The summed E-state index contributed by atoms with van der Waals surface area (Å²) in [6, 6.07) is 1.77. The molecule has 15 heavy (non-hydrogen) atoms. The highest BCUT2D eigenvalue weighted by Gasteiger charge is 1.87. The number of aliphatic imine (C=N–C) groups is 1. The van der Waals surface area contributed by atoms with E-state index in [4.69, 9.17) is 0 Å². The summed E-state index contributed by atoms with van der Waals surface area (Å²) in [5, 5.41) is 0. The maximum atomic E-state index is 4.02. The Morgan fingerprint density at radius 1 is 1.33 bits per heavy atom. The van der Waals surface area contributed by atoms with Crippen molar-refractivity contribution < 1.29 is 0 Å². The third-order valence-corrected chi connectivity index (χ3v) is 1.72. The summed E-state index contributed by atoms with van der Waals surface area (Å²) in [4.78, 5) is 12.0. The summed E-state index contributed by atoms with van der Waals surface area (Å²) < 4.78 is 0. The smallest absolute Gasteiger partial charge is 0.205 e. The third kappa shape index (κ3) is 4.19. The minimum absolute atomic E-state index is 0.538. The lowest BCUT2D eigenvalue weighted by Crippen LogP contribution is -1.87. The summed E-state index contributed by atoms with van der Waals surface area (Å²) in [6.45, 7) is 3.87. The Morgan fingerprint density at radius 3 is 2.60 bits per heavy atom. The number of hydrogen-bond acceptors (Lipinski definition) is 3. The highest BCUT2D eigenvalue weighted by Crippen LogP contribution is 1.92. The van der Waals surface area contributed by atoms with E-state index in [0.29, 0.717) is 5.82 Å². The van der Waals surface area contributed by atoms with Gasteiger partial charge in [0, 0.05) is 30.7 Å². The first kappa shape index (κ1) is 11.1. The lowest BCUT2D eigenvalue weighted by atomic mass is 10.2. The zero-order valence-electron chi connectivity index (χ0n) is 9.15. The lowest BCUT2D eigenvalue weighted by Gasteiger charge is -1.89. The molecule has 0 unspecified atom stereocenters. The Kier molecular flexibility index (Phi) is 4.24. The van der Waals surface area contributed by atoms with Crippen LogP contribution in [-0.2, 0) is 0 Å². The topological polar surface area (TPSA) is 38.1 Å². The average molecular weight is 199 g/mol. The highest BCUT2D eigenvalue weighted by atomic mass is 14.8. The van der Waals surface area contributed by atoms with E-state index in [9.17, 15) is 0 Å². The minimum Gasteiger partial charge on any atom is -0.293 e. The summed E-state index contributed by atoms with van der Waals surface area (Å²) in [6.07, 6.45) is 5.28. The van der Waals surface area contributed by atoms with E-state index in [1.165, 1.54) is 0 Å². The van der Waals surface area contributed by atoms with E-state index in [0.717, 1.165) is 11.3 Å². The van der Waals surface area contributed by atoms with Crippen LogP contribution in [0.5, 0.6) is 0 Å². The number of hydrogen-bond donors (Lipinski definition) is 0. The van der Waals surface area contributed by atoms with E-state index in [2.05, 4.69) is 26.8 Å². The maximum Gasteiger partial charge on any atom is 0.205 e. The van der Waals surface area contributed by atoms with Crippen molar-refractivity contribution in [2.24, 2.45) is 4.99 Å². The monoisotopic (exact) mass is 199 g/mol. The van der Waals surface area contributed by atoms with Crippen LogP contribution in [-0.4, -0.2) is 22.7 Å². The van der Waals surface area contributed by atoms with Gasteiger partial charge in [0.25, 0.3) is 0 Å². The highest BCUT2D eigenvalue weighted by molar-refractivity contribution is 5.93. The molecule has 3 heteroatoms. The van der Waals surface area contributed by atoms with Crippen LogP contribution in [0.2, 0.25) is 0 Å². The quantitative estimate of drug-likeness (QED) is 0.511. The van der Waals surface area contributed by atoms with E-state index in [-0.39, 0.29) is 0 Å². The molecule has 0 aliphatic carbocycles. The second-order valence-corrected chi connectivity index (χ2v) is 3.01. The van der Waals surface area contributed by atoms with Gasteiger partial charge in [-0.2, -0.15) is 0 Å². The molecule has 0 spiro atoms. The molecule has 0 radical (unpaired) electrons. The Hall–Kier alpha value is -1.95. The molecule has 1 aromatic heterocycles. The summed E-state index contributed by atoms with van der Waals surface area (Å²) in [5.41, 5.74) is 1.90. The van der Waals surface area contributed by atoms with Gasteiger partial charge >= 0.3 is 0 Å². The van der Waals surface area contributed by atoms with Crippen LogP contribution < -0.4 is 0 Å². The molecule has 76 valence electrons. The Labute approximate surface area is 90.0 Å². The van der Waals surface area contributed by atoms with Crippen molar-refractivity contribution in [2.75, 3.05) is 7.05 Å². The number of nitrogens with zero attached hydrogens (tertiary/aromatic N) is 3. The fraction of sp³-hybridized carbons (Fsp3) is 0.250. The second kappa shape index (κ2) is 5.71. The maximum absolute atomic E-state index is 4.02. The molecule has 1 heterocycles. The van der Waals surface area contributed by atoms with Crippen molar-refractivity contribution in [1.82, 2.24) is 9.97 Å². The second-order valence-electron chi connectivity index (χ2n) is 3.01. The molecular formula is C12H13N3. The first-order valence-corrected chi connectivity index (χ1v) is 4.63. The predicted octanol–water partition coefficient (Wildman–Crippen LogP) is 1.87. The van der Waals surface area contributed by atoms with Crippen molar-refractivity contribution in [2.45, 2.75) is 13.8 Å². The van der Waals surface area contributed by atoms with Crippen molar-refractivity contribution in [3.63, 3.8) is 0 Å². The largest absolute Gasteiger partial charge is 0.293 e. The van der Waals surface area contributed by atoms with Crippen LogP contribution >= 0.6 is 0 Å². The SMILES string of the molecule is CN=C(C)/C=C(/C)C#Cc1ncccn1. The van der Waals surface area contributed by atoms with Crippen LogP contribution in [0.4, 0.5) is 0 Å². The van der Waals surface area contributed by atoms with Crippen molar-refractivity contribution in [3.05, 3.63) is 35.9 Å². The van der Waals surface area contributed by atoms with Gasteiger partial charge in [-0.15, -0.1) is 0 Å². The summed E-state index contributed by atoms with van der Waals surface area (Å²) in [5.74, 6) is 6.39. The van der Waals surface area contributed by atoms with Crippen LogP contribution in [0.1, 0.15) is 19.7 Å². The van der Waals surface area contributed by atoms with E-state index in [1.54, 1.807) is 25.5 Å². The van der Waals surface area contributed by atoms with Crippen LogP contribution in [0.15, 0.2) is 35.1 Å². The molecule has 0 aliphatic heterocycles. The molecule has 0 N–H and O–H groups in total. The molecule has 3 nitrogen and oxygen atoms in total. The standard InChI is InChI=1S/C12H13N3/c1-10(9-11(2)13-3)5-6-12-14-7-4-8-15-12/h4,7-9H,1-3H3/b10-9-,13-11?. The zero-order chi connectivity index (χ0) is 11.1. The van der Waals surface area contributed by atoms with Gasteiger partial charge in [-0.3, -0.25) is 4.99 Å². The normalized spacial score (nSPS) is 11.9. The van der Waals surface area contributed by atoms with Crippen molar-refractivity contribution >= 4 is 5.71 Å². The fourth-order valence-electron chi connectivity index (χ4n) is 0.932. The molecule has 0 bridgehead atoms. The summed E-state index contributed by atoms with van der Waals surface area (Å²) >= 11 is 0. The predicted molar refractivity (Wildman–Crippen MR) is 61.7 cm³/mol. The minimum atomic E-state index is 0.538. The molecule has 0 amide bonds. The molecular weight excluding hydrogens is 186 g/mol. The molecule has 0 aliphatic rings. The van der Waals surface area contributed by atoms with Gasteiger partial charge in [-0.1, -0.05) is 5.92 Å². The molecule has 0 aromatic carbocycles. The molecule has 1 rings (SSSR count). The van der Waals surface area contributed by atoms with Crippen molar-refractivity contribution in [1.29, 1.82) is 0 Å². The zero-order valence-corrected chi connectivity index (χ0v) is 9.15. The molecule has 0 atom stereocenters. The number of allylic oxidation sites excluding steroid dienone is 2. The van der Waals surface area contributed by atoms with Gasteiger partial charge in [0.2, 0.25) is 5.82 Å². The van der Waals surface area contributed by atoms with Crippen molar-refractivity contribution in [3.8, 4) is 11.8 Å². The number of aromatic nitrogens is 2. The van der Waals surface area contributed by atoms with E-state index < -0.39 is 0 Å². The van der Waals surface area contributed by atoms with Crippen LogP contribution in [0.25, 0.3) is 0 Å². The van der Waals surface area contributed by atoms with Crippen LogP contribution in [0, 0.1) is 11.8 Å². The lowest BCUT2D eigenvalue weighted by molar-refractivity contribution is 1.13. The van der Waals surface area contributed by atoms with Crippen LogP contribution in [0.3, 0.4) is 0 Å². The molecule has 1 aromatic rings.